The quantitative estimate of drug-likeness (QED) is 0.930. The van der Waals surface area contributed by atoms with E-state index in [0.717, 1.165) is 50.3 Å². The Kier molecular flexibility index (Phi) is 4.95. The number of rotatable bonds is 3. The number of halogens is 1. The maximum absolute atomic E-state index is 13.4. The van der Waals surface area contributed by atoms with Crippen molar-refractivity contribution in [2.24, 2.45) is 0 Å². The third-order valence-electron chi connectivity index (χ3n) is 3.61. The lowest BCUT2D eigenvalue weighted by Gasteiger charge is -2.24. The number of hydrogen-bond acceptors (Lipinski definition) is 3. The van der Waals surface area contributed by atoms with Crippen LogP contribution in [0.1, 0.15) is 42.5 Å². The number of hydrogen-bond donors (Lipinski definition) is 1. The summed E-state index contributed by atoms with van der Waals surface area (Å²) in [5.74, 6) is -2.13. The van der Waals surface area contributed by atoms with Crippen molar-refractivity contribution >= 4 is 16.0 Å². The van der Waals surface area contributed by atoms with Crippen LogP contribution in [-0.2, 0) is 10.0 Å². The first-order valence-electron chi connectivity index (χ1n) is 6.96. The second-order valence-electron chi connectivity index (χ2n) is 5.12. The average molecular weight is 315 g/mol. The van der Waals surface area contributed by atoms with Gasteiger partial charge in [0, 0.05) is 13.1 Å². The van der Waals surface area contributed by atoms with Gasteiger partial charge >= 0.3 is 5.97 Å². The minimum absolute atomic E-state index is 0.345. The van der Waals surface area contributed by atoms with Crippen LogP contribution in [0.2, 0.25) is 0 Å². The van der Waals surface area contributed by atoms with Crippen LogP contribution in [0.5, 0.6) is 0 Å². The maximum Gasteiger partial charge on any atom is 0.337 e. The largest absolute Gasteiger partial charge is 0.478 e. The molecule has 1 aliphatic rings. The molecule has 21 heavy (non-hydrogen) atoms. The van der Waals surface area contributed by atoms with Crippen LogP contribution in [0, 0.1) is 5.82 Å². The molecule has 1 aromatic rings. The minimum atomic E-state index is -3.99. The molecule has 5 nitrogen and oxygen atoms in total. The van der Waals surface area contributed by atoms with Crippen molar-refractivity contribution in [2.45, 2.75) is 37.0 Å². The SMILES string of the molecule is O=C(O)c1ccc(F)cc1S(=O)(=O)N1CCCCCCC1. The van der Waals surface area contributed by atoms with E-state index in [1.54, 1.807) is 0 Å². The van der Waals surface area contributed by atoms with Crippen LogP contribution in [0.4, 0.5) is 4.39 Å². The molecule has 7 heteroatoms. The molecular formula is C14H18FNO4S. The van der Waals surface area contributed by atoms with E-state index in [9.17, 15) is 17.6 Å². The first-order chi connectivity index (χ1) is 9.93. The summed E-state index contributed by atoms with van der Waals surface area (Å²) in [6.07, 6.45) is 4.43. The number of aromatic carboxylic acids is 1. The summed E-state index contributed by atoms with van der Waals surface area (Å²) in [5, 5.41) is 9.11. The van der Waals surface area contributed by atoms with E-state index < -0.39 is 32.3 Å². The van der Waals surface area contributed by atoms with Gasteiger partial charge < -0.3 is 5.11 Å². The van der Waals surface area contributed by atoms with Crippen LogP contribution >= 0.6 is 0 Å². The summed E-state index contributed by atoms with van der Waals surface area (Å²) in [4.78, 5) is 10.7. The zero-order valence-corrected chi connectivity index (χ0v) is 12.4. The van der Waals surface area contributed by atoms with E-state index in [-0.39, 0.29) is 0 Å². The maximum atomic E-state index is 13.4. The second-order valence-corrected chi connectivity index (χ2v) is 7.02. The van der Waals surface area contributed by atoms with Crippen molar-refractivity contribution in [1.29, 1.82) is 0 Å². The summed E-state index contributed by atoms with van der Waals surface area (Å²) in [7, 11) is -3.99. The number of carboxylic acid groups (broad SMARTS) is 1. The number of nitrogens with zero attached hydrogens (tertiary/aromatic N) is 1. The lowest BCUT2D eigenvalue weighted by molar-refractivity contribution is 0.0692. The highest BCUT2D eigenvalue weighted by atomic mass is 32.2. The Balaban J connectivity index is 2.42. The zero-order chi connectivity index (χ0) is 15.5. The molecule has 0 amide bonds. The highest BCUT2D eigenvalue weighted by Gasteiger charge is 2.29. The second kappa shape index (κ2) is 6.53. The van der Waals surface area contributed by atoms with E-state index in [1.165, 1.54) is 4.31 Å². The van der Waals surface area contributed by atoms with Gasteiger partial charge in [-0.1, -0.05) is 19.3 Å². The van der Waals surface area contributed by atoms with Crippen LogP contribution in [0.25, 0.3) is 0 Å². The molecule has 0 aromatic heterocycles. The van der Waals surface area contributed by atoms with Crippen LogP contribution in [0.15, 0.2) is 23.1 Å². The Morgan fingerprint density at radius 3 is 2.24 bits per heavy atom. The van der Waals surface area contributed by atoms with Gasteiger partial charge in [0.1, 0.15) is 5.82 Å². The molecule has 0 radical (unpaired) electrons. The predicted molar refractivity (Wildman–Crippen MR) is 75.2 cm³/mol. The first kappa shape index (κ1) is 15.9. The molecule has 1 fully saturated rings. The van der Waals surface area contributed by atoms with Gasteiger partial charge in [0.15, 0.2) is 0 Å². The van der Waals surface area contributed by atoms with Gasteiger partial charge in [-0.05, 0) is 31.0 Å². The van der Waals surface area contributed by atoms with E-state index in [4.69, 9.17) is 5.11 Å². The zero-order valence-electron chi connectivity index (χ0n) is 11.6. The normalized spacial score (nSPS) is 18.0. The van der Waals surface area contributed by atoms with E-state index in [0.29, 0.717) is 13.1 Å². The van der Waals surface area contributed by atoms with Crippen molar-refractivity contribution < 1.29 is 22.7 Å². The molecule has 1 aromatic carbocycles. The third-order valence-corrected chi connectivity index (χ3v) is 5.55. The Morgan fingerprint density at radius 1 is 1.10 bits per heavy atom. The van der Waals surface area contributed by atoms with Gasteiger partial charge in [-0.2, -0.15) is 4.31 Å². The van der Waals surface area contributed by atoms with E-state index in [1.807, 2.05) is 0 Å². The first-order valence-corrected chi connectivity index (χ1v) is 8.40. The molecule has 0 saturated carbocycles. The lowest BCUT2D eigenvalue weighted by atomic mass is 10.1. The topological polar surface area (TPSA) is 74.7 Å². The lowest BCUT2D eigenvalue weighted by Crippen LogP contribution is -2.34. The molecule has 0 spiro atoms. The predicted octanol–water partition coefficient (Wildman–Crippen LogP) is 2.48. The molecule has 116 valence electrons. The fourth-order valence-electron chi connectivity index (χ4n) is 2.48. The Morgan fingerprint density at radius 2 is 1.67 bits per heavy atom. The Bertz CT molecular complexity index is 622. The van der Waals surface area contributed by atoms with Gasteiger partial charge in [0.2, 0.25) is 10.0 Å². The summed E-state index contributed by atoms with van der Waals surface area (Å²) < 4.78 is 39.9. The van der Waals surface area contributed by atoms with Crippen molar-refractivity contribution in [2.75, 3.05) is 13.1 Å². The summed E-state index contributed by atoms with van der Waals surface area (Å²) in [6.45, 7) is 0.690. The third kappa shape index (κ3) is 3.59. The standard InChI is InChI=1S/C14H18FNO4S/c15-11-6-7-12(14(17)18)13(10-11)21(19,20)16-8-4-2-1-3-5-9-16/h6-7,10H,1-5,8-9H2,(H,17,18). The highest BCUT2D eigenvalue weighted by molar-refractivity contribution is 7.89. The van der Waals surface area contributed by atoms with Crippen LogP contribution < -0.4 is 0 Å². The monoisotopic (exact) mass is 315 g/mol. The molecule has 0 atom stereocenters. The molecule has 0 aliphatic carbocycles. The molecule has 1 heterocycles. The summed E-state index contributed by atoms with van der Waals surface area (Å²) >= 11 is 0. The Labute approximate surface area is 123 Å². The van der Waals surface area contributed by atoms with Crippen LogP contribution in [0.3, 0.4) is 0 Å². The van der Waals surface area contributed by atoms with Gasteiger partial charge in [0.05, 0.1) is 10.5 Å². The van der Waals surface area contributed by atoms with Crippen molar-refractivity contribution in [3.8, 4) is 0 Å². The van der Waals surface area contributed by atoms with Crippen molar-refractivity contribution in [3.05, 3.63) is 29.6 Å². The molecule has 1 N–H and O–H groups in total. The molecule has 0 bridgehead atoms. The molecule has 1 aliphatic heterocycles. The number of carbonyl (C=O) groups is 1. The number of benzene rings is 1. The van der Waals surface area contributed by atoms with Crippen molar-refractivity contribution in [3.63, 3.8) is 0 Å². The summed E-state index contributed by atoms with van der Waals surface area (Å²) in [6, 6.07) is 2.74. The Hall–Kier alpha value is -1.47. The number of carboxylic acids is 1. The number of sulfonamides is 1. The van der Waals surface area contributed by atoms with Crippen LogP contribution in [-0.4, -0.2) is 36.9 Å². The summed E-state index contributed by atoms with van der Waals surface area (Å²) in [5.41, 5.74) is -0.390. The minimum Gasteiger partial charge on any atom is -0.478 e. The fourth-order valence-corrected chi connectivity index (χ4v) is 4.20. The average Bonchev–Trinajstić information content (AvgIpc) is 2.37. The molecular weight excluding hydrogens is 297 g/mol. The van der Waals surface area contributed by atoms with Gasteiger partial charge in [-0.25, -0.2) is 17.6 Å². The molecule has 2 rings (SSSR count). The van der Waals surface area contributed by atoms with Crippen molar-refractivity contribution in [1.82, 2.24) is 4.31 Å². The molecule has 0 unspecified atom stereocenters. The van der Waals surface area contributed by atoms with E-state index >= 15 is 0 Å². The van der Waals surface area contributed by atoms with E-state index in [2.05, 4.69) is 0 Å². The van der Waals surface area contributed by atoms with Gasteiger partial charge in [-0.15, -0.1) is 0 Å². The highest BCUT2D eigenvalue weighted by Crippen LogP contribution is 2.24. The molecule has 1 saturated heterocycles. The van der Waals surface area contributed by atoms with Gasteiger partial charge in [-0.3, -0.25) is 0 Å². The smallest absolute Gasteiger partial charge is 0.337 e. The fraction of sp³-hybridized carbons (Fsp3) is 0.500. The van der Waals surface area contributed by atoms with Gasteiger partial charge in [0.25, 0.3) is 0 Å².